The van der Waals surface area contributed by atoms with Crippen LogP contribution < -0.4 is 10.6 Å². The molecular weight excluding hydrogens is 419 g/mol. The fourth-order valence-corrected chi connectivity index (χ4v) is 3.97. The van der Waals surface area contributed by atoms with Crippen molar-refractivity contribution in [1.82, 2.24) is 15.8 Å². The summed E-state index contributed by atoms with van der Waals surface area (Å²) >= 11 is 0. The molecule has 6 nitrogen and oxygen atoms in total. The van der Waals surface area contributed by atoms with E-state index in [0.717, 1.165) is 42.5 Å². The smallest absolute Gasteiger partial charge is 0.191 e. The summed E-state index contributed by atoms with van der Waals surface area (Å²) < 4.78 is 11.1. The van der Waals surface area contributed by atoms with Crippen LogP contribution in [0.4, 0.5) is 0 Å². The van der Waals surface area contributed by atoms with Gasteiger partial charge in [-0.2, -0.15) is 0 Å². The average Bonchev–Trinajstić information content (AvgIpc) is 3.09. The molecule has 1 saturated heterocycles. The van der Waals surface area contributed by atoms with E-state index < -0.39 is 0 Å². The van der Waals surface area contributed by atoms with Crippen LogP contribution in [0, 0.1) is 25.2 Å². The molecule has 0 aromatic carbocycles. The quantitative estimate of drug-likeness (QED) is 0.421. The fourth-order valence-electron chi connectivity index (χ4n) is 3.97. The first-order valence-electron chi connectivity index (χ1n) is 8.53. The van der Waals surface area contributed by atoms with Crippen molar-refractivity contribution in [2.24, 2.45) is 16.3 Å². The van der Waals surface area contributed by atoms with E-state index in [4.69, 9.17) is 14.3 Å². The van der Waals surface area contributed by atoms with E-state index in [2.05, 4.69) is 36.6 Å². The van der Waals surface area contributed by atoms with Crippen molar-refractivity contribution >= 4 is 29.9 Å². The molecule has 0 bridgehead atoms. The van der Waals surface area contributed by atoms with Crippen LogP contribution in [0.25, 0.3) is 0 Å². The topological polar surface area (TPSA) is 71.7 Å². The zero-order valence-electron chi connectivity index (χ0n) is 15.2. The lowest BCUT2D eigenvalue weighted by molar-refractivity contribution is -0.106. The molecule has 1 aliphatic heterocycles. The maximum absolute atomic E-state index is 5.87. The summed E-state index contributed by atoms with van der Waals surface area (Å²) in [5, 5.41) is 11.0. The molecule has 2 heterocycles. The van der Waals surface area contributed by atoms with E-state index >= 15 is 0 Å². The Balaban J connectivity index is 0.00000208. The largest absolute Gasteiger partial charge is 0.377 e. The third kappa shape index (κ3) is 3.42. The molecule has 24 heavy (non-hydrogen) atoms. The van der Waals surface area contributed by atoms with Crippen molar-refractivity contribution in [1.29, 1.82) is 0 Å². The highest BCUT2D eigenvalue weighted by Crippen LogP contribution is 2.52. The summed E-state index contributed by atoms with van der Waals surface area (Å²) in [5.74, 6) is 2.29. The van der Waals surface area contributed by atoms with Crippen LogP contribution >= 0.6 is 24.0 Å². The SMILES string of the molecule is CCNC(=NCc1c(C)noc1C)NC1C2CCOC2C1(C)C.I. The number of aromatic nitrogens is 1. The second kappa shape index (κ2) is 7.59. The average molecular weight is 448 g/mol. The van der Waals surface area contributed by atoms with Gasteiger partial charge in [-0.25, -0.2) is 4.99 Å². The third-order valence-electron chi connectivity index (χ3n) is 5.31. The predicted molar refractivity (Wildman–Crippen MR) is 105 cm³/mol. The van der Waals surface area contributed by atoms with Gasteiger partial charge in [0.2, 0.25) is 0 Å². The monoisotopic (exact) mass is 448 g/mol. The van der Waals surface area contributed by atoms with Crippen molar-refractivity contribution in [2.45, 2.75) is 59.7 Å². The van der Waals surface area contributed by atoms with Gasteiger partial charge in [0.15, 0.2) is 5.96 Å². The summed E-state index contributed by atoms with van der Waals surface area (Å²) in [6.07, 6.45) is 1.51. The van der Waals surface area contributed by atoms with Gasteiger partial charge in [0.25, 0.3) is 0 Å². The number of hydrogen-bond acceptors (Lipinski definition) is 4. The molecule has 3 rings (SSSR count). The van der Waals surface area contributed by atoms with E-state index in [1.54, 1.807) is 0 Å². The zero-order chi connectivity index (χ0) is 16.6. The normalized spacial score (nSPS) is 27.9. The number of aryl methyl sites for hydroxylation is 2. The first-order chi connectivity index (χ1) is 10.9. The van der Waals surface area contributed by atoms with Crippen LogP contribution in [0.15, 0.2) is 9.52 Å². The maximum atomic E-state index is 5.87. The van der Waals surface area contributed by atoms with Crippen molar-refractivity contribution in [3.63, 3.8) is 0 Å². The van der Waals surface area contributed by atoms with Gasteiger partial charge in [-0.05, 0) is 27.2 Å². The first-order valence-corrected chi connectivity index (χ1v) is 8.53. The van der Waals surface area contributed by atoms with Crippen LogP contribution in [0.3, 0.4) is 0 Å². The summed E-state index contributed by atoms with van der Waals surface area (Å²) in [5.41, 5.74) is 2.12. The molecule has 1 saturated carbocycles. The Hall–Kier alpha value is -0.830. The number of nitrogens with one attached hydrogen (secondary N) is 2. The Kier molecular flexibility index (Phi) is 6.17. The number of hydrogen-bond donors (Lipinski definition) is 2. The van der Waals surface area contributed by atoms with Gasteiger partial charge in [-0.1, -0.05) is 19.0 Å². The van der Waals surface area contributed by atoms with Crippen molar-refractivity contribution in [3.8, 4) is 0 Å². The van der Waals surface area contributed by atoms with Gasteiger partial charge >= 0.3 is 0 Å². The first kappa shape index (κ1) is 19.5. The molecule has 2 N–H and O–H groups in total. The third-order valence-corrected chi connectivity index (χ3v) is 5.31. The van der Waals surface area contributed by atoms with Gasteiger partial charge in [-0.15, -0.1) is 24.0 Å². The minimum atomic E-state index is 0. The highest BCUT2D eigenvalue weighted by Gasteiger charge is 2.59. The highest BCUT2D eigenvalue weighted by molar-refractivity contribution is 14.0. The number of ether oxygens (including phenoxy) is 1. The molecule has 2 fully saturated rings. The number of nitrogens with zero attached hydrogens (tertiary/aromatic N) is 2. The van der Waals surface area contributed by atoms with E-state index in [0.29, 0.717) is 24.6 Å². The molecule has 2 aliphatic rings. The standard InChI is InChI=1S/C17H28N4O2.HI/c1-6-18-16(19-9-13-10(2)21-23-11(13)3)20-14-12-7-8-22-15(12)17(14,4)5;/h12,14-15H,6-9H2,1-5H3,(H2,18,19,20);1H. The Labute approximate surface area is 161 Å². The van der Waals surface area contributed by atoms with Crippen molar-refractivity contribution in [3.05, 3.63) is 17.0 Å². The fraction of sp³-hybridized carbons (Fsp3) is 0.765. The Morgan fingerprint density at radius 1 is 1.38 bits per heavy atom. The van der Waals surface area contributed by atoms with Crippen LogP contribution in [0.1, 0.15) is 44.2 Å². The maximum Gasteiger partial charge on any atom is 0.191 e. The van der Waals surface area contributed by atoms with Gasteiger partial charge in [0, 0.05) is 36.1 Å². The summed E-state index contributed by atoms with van der Waals surface area (Å²) in [4.78, 5) is 4.73. The second-order valence-corrected chi connectivity index (χ2v) is 7.19. The molecule has 1 aliphatic carbocycles. The van der Waals surface area contributed by atoms with E-state index in [9.17, 15) is 0 Å². The molecular formula is C17H29IN4O2. The number of halogens is 1. The molecule has 1 aromatic heterocycles. The summed E-state index contributed by atoms with van der Waals surface area (Å²) in [6, 6.07) is 0.400. The molecule has 136 valence electrons. The molecule has 7 heteroatoms. The van der Waals surface area contributed by atoms with Gasteiger partial charge in [0.05, 0.1) is 18.3 Å². The molecule has 3 atom stereocenters. The zero-order valence-corrected chi connectivity index (χ0v) is 17.5. The van der Waals surface area contributed by atoms with E-state index in [1.807, 2.05) is 13.8 Å². The van der Waals surface area contributed by atoms with Gasteiger partial charge in [0.1, 0.15) is 5.76 Å². The number of rotatable bonds is 4. The Morgan fingerprint density at radius 3 is 2.75 bits per heavy atom. The van der Waals surface area contributed by atoms with E-state index in [-0.39, 0.29) is 29.4 Å². The number of fused-ring (bicyclic) bond motifs is 1. The van der Waals surface area contributed by atoms with E-state index in [1.165, 1.54) is 0 Å². The second-order valence-electron chi connectivity index (χ2n) is 7.19. The highest BCUT2D eigenvalue weighted by atomic mass is 127. The number of guanidine groups is 1. The molecule has 0 spiro atoms. The van der Waals surface area contributed by atoms with Gasteiger partial charge in [-0.3, -0.25) is 0 Å². The van der Waals surface area contributed by atoms with Crippen LogP contribution in [-0.4, -0.2) is 36.4 Å². The lowest BCUT2D eigenvalue weighted by Gasteiger charge is -2.54. The number of aliphatic imine (C=N–C) groups is 1. The summed E-state index contributed by atoms with van der Waals surface area (Å²) in [7, 11) is 0. The molecule has 1 aromatic rings. The Morgan fingerprint density at radius 2 is 2.12 bits per heavy atom. The molecule has 0 radical (unpaired) electrons. The van der Waals surface area contributed by atoms with Crippen molar-refractivity contribution in [2.75, 3.05) is 13.2 Å². The minimum absolute atomic E-state index is 0. The minimum Gasteiger partial charge on any atom is -0.377 e. The van der Waals surface area contributed by atoms with Gasteiger partial charge < -0.3 is 19.9 Å². The molecule has 0 amide bonds. The molecule has 3 unspecified atom stereocenters. The Bertz CT molecular complexity index is 580. The van der Waals surface area contributed by atoms with Crippen molar-refractivity contribution < 1.29 is 9.26 Å². The van der Waals surface area contributed by atoms with Crippen LogP contribution in [0.5, 0.6) is 0 Å². The lowest BCUT2D eigenvalue weighted by atomic mass is 9.57. The summed E-state index contributed by atoms with van der Waals surface area (Å²) in [6.45, 7) is 12.8. The lowest BCUT2D eigenvalue weighted by Crippen LogP contribution is -2.67. The van der Waals surface area contributed by atoms with Crippen LogP contribution in [0.2, 0.25) is 0 Å². The predicted octanol–water partition coefficient (Wildman–Crippen LogP) is 2.78. The van der Waals surface area contributed by atoms with Crippen LogP contribution in [-0.2, 0) is 11.3 Å².